The molecule has 0 saturated heterocycles. The first-order chi connectivity index (χ1) is 28.8. The third-order valence-electron chi connectivity index (χ3n) is 12.1. The summed E-state index contributed by atoms with van der Waals surface area (Å²) >= 11 is 0. The molecule has 3 heteroatoms. The summed E-state index contributed by atoms with van der Waals surface area (Å²) in [5.41, 5.74) is 16.1. The molecule has 0 spiro atoms. The predicted molar refractivity (Wildman–Crippen MR) is 241 cm³/mol. The topological polar surface area (TPSA) is 12.5 Å². The molecule has 11 rings (SSSR count). The summed E-state index contributed by atoms with van der Waals surface area (Å²) in [6.07, 6.45) is 0. The first-order valence-electron chi connectivity index (χ1n) is 20.1. The predicted octanol–water partition coefficient (Wildman–Crippen LogP) is 11.8. The summed E-state index contributed by atoms with van der Waals surface area (Å²) in [6.45, 7) is -0.0784. The van der Waals surface area contributed by atoms with Crippen LogP contribution in [0.3, 0.4) is 0 Å². The Morgan fingerprint density at radius 2 is 0.845 bits per heavy atom. The largest absolute Gasteiger partial charge is 0.458 e. The molecule has 0 fully saturated rings. The third kappa shape index (κ3) is 5.28. The van der Waals surface area contributed by atoms with Gasteiger partial charge in [-0.2, -0.15) is 0 Å². The van der Waals surface area contributed by atoms with Crippen molar-refractivity contribution in [2.75, 3.05) is 4.90 Å². The van der Waals surface area contributed by atoms with Crippen molar-refractivity contribution in [2.24, 2.45) is 0 Å². The van der Waals surface area contributed by atoms with Crippen LogP contribution < -0.4 is 26.0 Å². The lowest BCUT2D eigenvalue weighted by molar-refractivity contribution is 0.487. The second kappa shape index (κ2) is 14.0. The van der Waals surface area contributed by atoms with Gasteiger partial charge in [0.05, 0.1) is 16.8 Å². The highest BCUT2D eigenvalue weighted by molar-refractivity contribution is 6.98. The Balaban J connectivity index is 1.14. The quantitative estimate of drug-likeness (QED) is 0.158. The summed E-state index contributed by atoms with van der Waals surface area (Å²) in [6, 6.07) is 83.5. The molecular weight excluding hydrogens is 701 g/mol. The van der Waals surface area contributed by atoms with Crippen LogP contribution in [0.25, 0.3) is 22.3 Å². The standard InChI is InChI=1S/C55H38BNO/c1-5-20-39(21-6-1)44-28-19-29-45(40-22-7-2-8-23-40)54(44)56-48-32-15-18-35-52(48)58-53-38-43(36-37-49(53)56)57-50-33-16-13-30-46(50)55(41-24-9-3-10-25-41,42-26-11-4-12-27-42)47-31-14-17-34-51(47)57/h1-38H. The molecule has 2 aliphatic heterocycles. The van der Waals surface area contributed by atoms with Crippen molar-refractivity contribution in [3.63, 3.8) is 0 Å². The smallest absolute Gasteiger partial charge is 0.252 e. The monoisotopic (exact) mass is 739 g/mol. The molecule has 0 amide bonds. The fraction of sp³-hybridized carbons (Fsp3) is 0.0182. The van der Waals surface area contributed by atoms with Crippen molar-refractivity contribution in [3.8, 4) is 33.8 Å². The summed E-state index contributed by atoms with van der Waals surface area (Å²) in [5, 5.41) is 0. The van der Waals surface area contributed by atoms with Crippen LogP contribution >= 0.6 is 0 Å². The molecule has 2 heterocycles. The number of anilines is 3. The van der Waals surface area contributed by atoms with Gasteiger partial charge in [-0.3, -0.25) is 0 Å². The van der Waals surface area contributed by atoms with E-state index in [-0.39, 0.29) is 6.71 Å². The lowest BCUT2D eigenvalue weighted by atomic mass is 9.34. The molecule has 9 aromatic rings. The van der Waals surface area contributed by atoms with Crippen molar-refractivity contribution >= 4 is 40.2 Å². The van der Waals surface area contributed by atoms with Gasteiger partial charge in [0.25, 0.3) is 6.71 Å². The molecule has 272 valence electrons. The molecule has 0 aromatic heterocycles. The molecule has 0 aliphatic carbocycles. The maximum atomic E-state index is 6.98. The highest BCUT2D eigenvalue weighted by Crippen LogP contribution is 2.57. The minimum Gasteiger partial charge on any atom is -0.458 e. The fourth-order valence-electron chi connectivity index (χ4n) is 9.70. The summed E-state index contributed by atoms with van der Waals surface area (Å²) < 4.78 is 6.98. The Labute approximate surface area is 340 Å². The minimum atomic E-state index is -0.532. The van der Waals surface area contributed by atoms with E-state index in [1.807, 2.05) is 0 Å². The van der Waals surface area contributed by atoms with Crippen LogP contribution in [-0.4, -0.2) is 6.71 Å². The van der Waals surface area contributed by atoms with E-state index in [9.17, 15) is 0 Å². The van der Waals surface area contributed by atoms with E-state index in [0.717, 1.165) is 39.5 Å². The maximum absolute atomic E-state index is 6.98. The molecular formula is C55H38BNO. The van der Waals surface area contributed by atoms with Crippen molar-refractivity contribution in [1.29, 1.82) is 0 Å². The molecule has 0 saturated carbocycles. The first kappa shape index (κ1) is 33.9. The summed E-state index contributed by atoms with van der Waals surface area (Å²) in [7, 11) is 0. The zero-order valence-corrected chi connectivity index (χ0v) is 31.9. The first-order valence-corrected chi connectivity index (χ1v) is 20.1. The van der Waals surface area contributed by atoms with Crippen LogP contribution in [0.4, 0.5) is 17.1 Å². The van der Waals surface area contributed by atoms with E-state index >= 15 is 0 Å². The van der Waals surface area contributed by atoms with Crippen molar-refractivity contribution in [2.45, 2.75) is 5.41 Å². The molecule has 0 unspecified atom stereocenters. The van der Waals surface area contributed by atoms with Crippen LogP contribution in [0.2, 0.25) is 0 Å². The average molecular weight is 740 g/mol. The normalized spacial score (nSPS) is 13.4. The Bertz CT molecular complexity index is 2780. The number of hydrogen-bond donors (Lipinski definition) is 0. The minimum absolute atomic E-state index is 0.0784. The van der Waals surface area contributed by atoms with Crippen molar-refractivity contribution in [3.05, 3.63) is 253 Å². The number of nitrogens with zero attached hydrogens (tertiary/aromatic N) is 1. The van der Waals surface area contributed by atoms with Gasteiger partial charge in [-0.15, -0.1) is 0 Å². The van der Waals surface area contributed by atoms with Crippen LogP contribution in [-0.2, 0) is 5.41 Å². The van der Waals surface area contributed by atoms with Gasteiger partial charge >= 0.3 is 0 Å². The highest BCUT2D eigenvalue weighted by Gasteiger charge is 2.46. The highest BCUT2D eigenvalue weighted by atomic mass is 16.5. The van der Waals surface area contributed by atoms with Crippen LogP contribution in [0.5, 0.6) is 11.5 Å². The average Bonchev–Trinajstić information content (AvgIpc) is 3.31. The van der Waals surface area contributed by atoms with E-state index in [2.05, 4.69) is 235 Å². The third-order valence-corrected chi connectivity index (χ3v) is 12.1. The molecule has 0 atom stereocenters. The number of hydrogen-bond acceptors (Lipinski definition) is 2. The zero-order chi connectivity index (χ0) is 38.5. The van der Waals surface area contributed by atoms with Gasteiger partial charge in [-0.25, -0.2) is 0 Å². The lowest BCUT2D eigenvalue weighted by Gasteiger charge is -2.46. The lowest BCUT2D eigenvalue weighted by Crippen LogP contribution is -2.56. The van der Waals surface area contributed by atoms with Crippen molar-refractivity contribution in [1.82, 2.24) is 0 Å². The van der Waals surface area contributed by atoms with Gasteiger partial charge in [-0.1, -0.05) is 206 Å². The van der Waals surface area contributed by atoms with Crippen molar-refractivity contribution < 1.29 is 4.74 Å². The van der Waals surface area contributed by atoms with Gasteiger partial charge in [0.1, 0.15) is 11.5 Å². The van der Waals surface area contributed by atoms with Gasteiger partial charge in [-0.05, 0) is 79.7 Å². The molecule has 0 bridgehead atoms. The van der Waals surface area contributed by atoms with Crippen LogP contribution in [0.1, 0.15) is 22.3 Å². The van der Waals surface area contributed by atoms with E-state index in [4.69, 9.17) is 4.74 Å². The Hall–Kier alpha value is -7.36. The van der Waals surface area contributed by atoms with E-state index < -0.39 is 5.41 Å². The van der Waals surface area contributed by atoms with E-state index in [1.54, 1.807) is 0 Å². The fourth-order valence-corrected chi connectivity index (χ4v) is 9.70. The van der Waals surface area contributed by atoms with Gasteiger partial charge in [0.15, 0.2) is 0 Å². The SMILES string of the molecule is c1ccc(-c2cccc(-c3ccccc3)c2B2c3ccccc3Oc3cc(N4c5ccccc5C(c5ccccc5)(c5ccccc5)c5ccccc54)ccc32)cc1. The summed E-state index contributed by atoms with van der Waals surface area (Å²) in [5.74, 6) is 1.74. The number of rotatable bonds is 6. The Kier molecular flexibility index (Phi) is 8.18. The van der Waals surface area contributed by atoms with Gasteiger partial charge in [0.2, 0.25) is 0 Å². The zero-order valence-electron chi connectivity index (χ0n) is 31.9. The van der Waals surface area contributed by atoms with Crippen LogP contribution in [0, 0.1) is 0 Å². The number of benzene rings is 9. The number of ether oxygens (including phenoxy) is 1. The molecule has 58 heavy (non-hydrogen) atoms. The maximum Gasteiger partial charge on any atom is 0.252 e. The Morgan fingerprint density at radius 1 is 0.379 bits per heavy atom. The van der Waals surface area contributed by atoms with Gasteiger partial charge < -0.3 is 9.64 Å². The number of para-hydroxylation sites is 3. The molecule has 0 N–H and O–H groups in total. The molecule has 2 aliphatic rings. The van der Waals surface area contributed by atoms with E-state index in [0.29, 0.717) is 0 Å². The number of fused-ring (bicyclic) bond motifs is 4. The van der Waals surface area contributed by atoms with Crippen LogP contribution in [0.15, 0.2) is 231 Å². The summed E-state index contributed by atoms with van der Waals surface area (Å²) in [4.78, 5) is 2.43. The molecule has 9 aromatic carbocycles. The van der Waals surface area contributed by atoms with E-state index in [1.165, 1.54) is 50.0 Å². The Morgan fingerprint density at radius 3 is 1.41 bits per heavy atom. The second-order valence-corrected chi connectivity index (χ2v) is 15.1. The molecule has 0 radical (unpaired) electrons. The second-order valence-electron chi connectivity index (χ2n) is 15.1. The molecule has 2 nitrogen and oxygen atoms in total. The van der Waals surface area contributed by atoms with Gasteiger partial charge in [0, 0.05) is 11.8 Å².